The number of hydrogen-bond donors (Lipinski definition) is 2. The van der Waals surface area contributed by atoms with Crippen molar-refractivity contribution in [1.82, 2.24) is 0 Å². The van der Waals surface area contributed by atoms with Crippen molar-refractivity contribution in [2.75, 3.05) is 12.4 Å². The zero-order chi connectivity index (χ0) is 14.2. The van der Waals surface area contributed by atoms with Gasteiger partial charge in [-0.05, 0) is 30.7 Å². The molecule has 1 aromatic heterocycles. The summed E-state index contributed by atoms with van der Waals surface area (Å²) in [5.74, 6) is -0.708. The van der Waals surface area contributed by atoms with Gasteiger partial charge in [-0.1, -0.05) is 12.2 Å². The average Bonchev–Trinajstić information content (AvgIpc) is 3.11. The van der Waals surface area contributed by atoms with Crippen LogP contribution in [0.2, 0.25) is 0 Å². The van der Waals surface area contributed by atoms with Crippen LogP contribution in [0, 0.1) is 12.3 Å². The minimum atomic E-state index is -0.739. The van der Waals surface area contributed by atoms with Crippen LogP contribution >= 0.6 is 23.6 Å². The molecule has 2 rings (SSSR count). The Morgan fingerprint density at radius 1 is 1.53 bits per heavy atom. The van der Waals surface area contributed by atoms with Gasteiger partial charge in [0.15, 0.2) is 0 Å². The lowest BCUT2D eigenvalue weighted by atomic mass is 10.1. The van der Waals surface area contributed by atoms with Crippen molar-refractivity contribution in [3.05, 3.63) is 15.8 Å². The first-order chi connectivity index (χ1) is 8.92. The predicted molar refractivity (Wildman–Crippen MR) is 77.5 cm³/mol. The number of ether oxygens (including phenoxy) is 1. The molecule has 0 atom stereocenters. The average molecular weight is 298 g/mol. The van der Waals surface area contributed by atoms with Crippen LogP contribution in [-0.2, 0) is 9.53 Å². The SMILES string of the molecule is COC(=O)c1scc(C)c1NC(=O)C1(C(N)=S)CC1. The number of nitrogens with two attached hydrogens (primary N) is 1. The summed E-state index contributed by atoms with van der Waals surface area (Å²) < 4.78 is 4.69. The first kappa shape index (κ1) is 14.0. The van der Waals surface area contributed by atoms with E-state index in [1.165, 1.54) is 18.4 Å². The summed E-state index contributed by atoms with van der Waals surface area (Å²) in [6.45, 7) is 1.82. The maximum absolute atomic E-state index is 12.2. The quantitative estimate of drug-likeness (QED) is 0.655. The lowest BCUT2D eigenvalue weighted by Gasteiger charge is -2.14. The van der Waals surface area contributed by atoms with E-state index in [4.69, 9.17) is 22.7 Å². The highest BCUT2D eigenvalue weighted by atomic mass is 32.1. The minimum absolute atomic E-state index is 0.206. The number of anilines is 1. The molecule has 0 saturated heterocycles. The zero-order valence-corrected chi connectivity index (χ0v) is 12.2. The molecule has 1 heterocycles. The fourth-order valence-corrected chi connectivity index (χ4v) is 3.00. The number of carbonyl (C=O) groups excluding carboxylic acids is 2. The monoisotopic (exact) mass is 298 g/mol. The van der Waals surface area contributed by atoms with E-state index >= 15 is 0 Å². The van der Waals surface area contributed by atoms with Crippen LogP contribution in [0.15, 0.2) is 5.38 Å². The van der Waals surface area contributed by atoms with Crippen LogP contribution in [0.4, 0.5) is 5.69 Å². The molecule has 1 aliphatic rings. The van der Waals surface area contributed by atoms with Crippen LogP contribution in [0.1, 0.15) is 28.1 Å². The molecule has 0 unspecified atom stereocenters. The lowest BCUT2D eigenvalue weighted by Crippen LogP contribution is -2.35. The second kappa shape index (κ2) is 4.90. The third kappa shape index (κ3) is 2.35. The molecule has 1 amide bonds. The van der Waals surface area contributed by atoms with Gasteiger partial charge in [-0.3, -0.25) is 4.79 Å². The Kier molecular flexibility index (Phi) is 3.60. The third-order valence-corrected chi connectivity index (χ3v) is 4.71. The van der Waals surface area contributed by atoms with E-state index in [0.29, 0.717) is 23.4 Å². The van der Waals surface area contributed by atoms with Crippen molar-refractivity contribution in [1.29, 1.82) is 0 Å². The molecule has 0 radical (unpaired) electrons. The normalized spacial score (nSPS) is 15.7. The van der Waals surface area contributed by atoms with E-state index in [2.05, 4.69) is 5.32 Å². The Morgan fingerprint density at radius 3 is 2.63 bits per heavy atom. The Bertz CT molecular complexity index is 561. The summed E-state index contributed by atoms with van der Waals surface area (Å²) in [5.41, 5.74) is 6.17. The molecule has 1 fully saturated rings. The first-order valence-electron chi connectivity index (χ1n) is 5.70. The number of thiophene rings is 1. The highest BCUT2D eigenvalue weighted by Crippen LogP contribution is 2.47. The van der Waals surface area contributed by atoms with Gasteiger partial charge in [-0.15, -0.1) is 11.3 Å². The molecule has 0 bridgehead atoms. The van der Waals surface area contributed by atoms with Crippen LogP contribution < -0.4 is 11.1 Å². The van der Waals surface area contributed by atoms with E-state index in [1.807, 2.05) is 6.92 Å². The summed E-state index contributed by atoms with van der Waals surface area (Å²) in [5, 5.41) is 4.56. The smallest absolute Gasteiger partial charge is 0.350 e. The topological polar surface area (TPSA) is 81.4 Å². The number of hydrogen-bond acceptors (Lipinski definition) is 5. The van der Waals surface area contributed by atoms with Crippen molar-refractivity contribution >= 4 is 46.1 Å². The Labute approximate surface area is 120 Å². The molecule has 0 aliphatic heterocycles. The predicted octanol–water partition coefficient (Wildman–Crippen LogP) is 1.85. The molecule has 0 spiro atoms. The minimum Gasteiger partial charge on any atom is -0.465 e. The number of thiocarbonyl (C=S) groups is 1. The molecule has 19 heavy (non-hydrogen) atoms. The van der Waals surface area contributed by atoms with E-state index in [9.17, 15) is 9.59 Å². The van der Waals surface area contributed by atoms with E-state index in [1.54, 1.807) is 5.38 Å². The maximum Gasteiger partial charge on any atom is 0.350 e. The Hall–Kier alpha value is -1.47. The van der Waals surface area contributed by atoms with Crippen LogP contribution in [0.5, 0.6) is 0 Å². The summed E-state index contributed by atoms with van der Waals surface area (Å²) in [6.07, 6.45) is 1.32. The van der Waals surface area contributed by atoms with Crippen LogP contribution in [-0.4, -0.2) is 24.0 Å². The number of aryl methyl sites for hydroxylation is 1. The van der Waals surface area contributed by atoms with Crippen LogP contribution in [0.3, 0.4) is 0 Å². The summed E-state index contributed by atoms with van der Waals surface area (Å²) in [4.78, 5) is 24.4. The van der Waals surface area contributed by atoms with Crippen molar-refractivity contribution in [3.63, 3.8) is 0 Å². The summed E-state index contributed by atoms with van der Waals surface area (Å²) in [7, 11) is 1.31. The molecular formula is C12H14N2O3S2. The second-order valence-electron chi connectivity index (χ2n) is 4.51. The number of amides is 1. The van der Waals surface area contributed by atoms with Crippen LogP contribution in [0.25, 0.3) is 0 Å². The fraction of sp³-hybridized carbons (Fsp3) is 0.417. The highest BCUT2D eigenvalue weighted by molar-refractivity contribution is 7.80. The summed E-state index contributed by atoms with van der Waals surface area (Å²) >= 11 is 6.17. The van der Waals surface area contributed by atoms with Gasteiger partial charge in [0.05, 0.1) is 23.2 Å². The molecule has 1 aromatic rings. The molecule has 1 saturated carbocycles. The van der Waals surface area contributed by atoms with Gasteiger partial charge in [-0.2, -0.15) is 0 Å². The summed E-state index contributed by atoms with van der Waals surface area (Å²) in [6, 6.07) is 0. The number of rotatable bonds is 4. The zero-order valence-electron chi connectivity index (χ0n) is 10.6. The standard InChI is InChI=1S/C12H14N2O3S2/c1-6-5-19-8(9(15)17-2)7(6)14-11(16)12(3-4-12)10(13)18/h5H,3-4H2,1-2H3,(H2,13,18)(H,14,16). The molecule has 0 aromatic carbocycles. The van der Waals surface area contributed by atoms with E-state index in [0.717, 1.165) is 5.56 Å². The Balaban J connectivity index is 2.25. The van der Waals surface area contributed by atoms with Crippen molar-refractivity contribution in [2.24, 2.45) is 11.1 Å². The maximum atomic E-state index is 12.2. The lowest BCUT2D eigenvalue weighted by molar-refractivity contribution is -0.118. The molecule has 3 N–H and O–H groups in total. The van der Waals surface area contributed by atoms with E-state index < -0.39 is 11.4 Å². The number of esters is 1. The number of methoxy groups -OCH3 is 1. The second-order valence-corrected chi connectivity index (χ2v) is 5.83. The molecule has 1 aliphatic carbocycles. The molecule has 7 heteroatoms. The molecular weight excluding hydrogens is 284 g/mol. The van der Waals surface area contributed by atoms with Gasteiger partial charge >= 0.3 is 5.97 Å². The van der Waals surface area contributed by atoms with Gasteiger partial charge < -0.3 is 15.8 Å². The highest BCUT2D eigenvalue weighted by Gasteiger charge is 2.53. The van der Waals surface area contributed by atoms with Crippen molar-refractivity contribution in [2.45, 2.75) is 19.8 Å². The van der Waals surface area contributed by atoms with Crippen molar-refractivity contribution in [3.8, 4) is 0 Å². The largest absolute Gasteiger partial charge is 0.465 e. The third-order valence-electron chi connectivity index (χ3n) is 3.24. The molecule has 5 nitrogen and oxygen atoms in total. The number of carbonyl (C=O) groups is 2. The van der Waals surface area contributed by atoms with Gasteiger partial charge in [0.1, 0.15) is 4.88 Å². The van der Waals surface area contributed by atoms with E-state index in [-0.39, 0.29) is 10.9 Å². The number of nitrogens with one attached hydrogen (secondary N) is 1. The van der Waals surface area contributed by atoms with Gasteiger partial charge in [0, 0.05) is 0 Å². The molecule has 102 valence electrons. The van der Waals surface area contributed by atoms with Gasteiger partial charge in [-0.25, -0.2) is 4.79 Å². The van der Waals surface area contributed by atoms with Crippen molar-refractivity contribution < 1.29 is 14.3 Å². The van der Waals surface area contributed by atoms with Gasteiger partial charge in [0.25, 0.3) is 0 Å². The first-order valence-corrected chi connectivity index (χ1v) is 6.99. The Morgan fingerprint density at radius 2 is 2.16 bits per heavy atom. The fourth-order valence-electron chi connectivity index (χ4n) is 1.79. The van der Waals surface area contributed by atoms with Gasteiger partial charge in [0.2, 0.25) is 5.91 Å².